The van der Waals surface area contributed by atoms with Crippen LogP contribution in [-0.2, 0) is 11.2 Å². The van der Waals surface area contributed by atoms with Gasteiger partial charge in [-0.05, 0) is 12.1 Å². The molecule has 70 valence electrons. The Morgan fingerprint density at radius 1 is 1.43 bits per heavy atom. The third kappa shape index (κ3) is 1.70. The van der Waals surface area contributed by atoms with E-state index in [1.54, 1.807) is 0 Å². The number of benzene rings is 1. The first kappa shape index (κ1) is 8.66. The number of rotatable bonds is 3. The summed E-state index contributed by atoms with van der Waals surface area (Å²) in [6.45, 7) is 0.434. The van der Waals surface area contributed by atoms with Crippen LogP contribution in [0.15, 0.2) is 29.3 Å². The van der Waals surface area contributed by atoms with E-state index >= 15 is 0 Å². The number of nitrogens with one attached hydrogen (secondary N) is 1. The van der Waals surface area contributed by atoms with Gasteiger partial charge in [-0.1, -0.05) is 12.1 Å². The second-order valence-corrected chi connectivity index (χ2v) is 2.92. The first-order valence-corrected chi connectivity index (χ1v) is 4.37. The summed E-state index contributed by atoms with van der Waals surface area (Å²) in [7, 11) is 0. The van der Waals surface area contributed by atoms with E-state index in [9.17, 15) is 4.79 Å². The van der Waals surface area contributed by atoms with Crippen LogP contribution in [0.25, 0.3) is 11.0 Å². The highest BCUT2D eigenvalue weighted by atomic mass is 16.1. The molecule has 0 fully saturated rings. The molecule has 4 nitrogen and oxygen atoms in total. The number of aromatic nitrogens is 2. The van der Waals surface area contributed by atoms with Crippen molar-refractivity contribution in [3.63, 3.8) is 0 Å². The molecule has 0 aliphatic rings. The lowest BCUT2D eigenvalue weighted by Gasteiger charge is -1.87. The first-order valence-electron chi connectivity index (χ1n) is 4.37. The molecule has 0 radical (unpaired) electrons. The van der Waals surface area contributed by atoms with Crippen LogP contribution in [0.1, 0.15) is 5.82 Å². The van der Waals surface area contributed by atoms with Crippen molar-refractivity contribution in [3.8, 4) is 0 Å². The lowest BCUT2D eigenvalue weighted by Crippen LogP contribution is -1.90. The molecule has 1 aromatic carbocycles. The number of aliphatic imine (C=N–C) groups is 1. The summed E-state index contributed by atoms with van der Waals surface area (Å²) in [5.74, 6) is 0.852. The number of aromatic amines is 1. The predicted molar refractivity (Wildman–Crippen MR) is 52.8 cm³/mol. The van der Waals surface area contributed by atoms with Gasteiger partial charge in [0.05, 0.1) is 17.6 Å². The summed E-state index contributed by atoms with van der Waals surface area (Å²) in [4.78, 5) is 20.8. The predicted octanol–water partition coefficient (Wildman–Crippen LogP) is 1.44. The second-order valence-electron chi connectivity index (χ2n) is 2.92. The molecule has 0 aliphatic heterocycles. The molecule has 2 aromatic rings. The van der Waals surface area contributed by atoms with Gasteiger partial charge < -0.3 is 4.98 Å². The fraction of sp³-hybridized carbons (Fsp3) is 0.200. The Kier molecular flexibility index (Phi) is 2.38. The minimum absolute atomic E-state index is 0.434. The van der Waals surface area contributed by atoms with Crippen molar-refractivity contribution in [1.29, 1.82) is 0 Å². The number of imidazole rings is 1. The average Bonchev–Trinajstić information content (AvgIpc) is 2.60. The number of carbonyl (C=O) groups excluding carboxylic acids is 1. The molecule has 0 saturated heterocycles. The lowest BCUT2D eigenvalue weighted by molar-refractivity contribution is 0.563. The van der Waals surface area contributed by atoms with Crippen molar-refractivity contribution < 1.29 is 4.79 Å². The lowest BCUT2D eigenvalue weighted by atomic mass is 10.3. The molecule has 4 heteroatoms. The maximum absolute atomic E-state index is 9.84. The topological polar surface area (TPSA) is 58.1 Å². The van der Waals surface area contributed by atoms with Crippen LogP contribution in [0.3, 0.4) is 0 Å². The Morgan fingerprint density at radius 3 is 3.07 bits per heavy atom. The van der Waals surface area contributed by atoms with Crippen LogP contribution < -0.4 is 0 Å². The molecule has 0 aliphatic carbocycles. The molecule has 2 rings (SSSR count). The summed E-state index contributed by atoms with van der Waals surface area (Å²) >= 11 is 0. The SMILES string of the molecule is O=C=NCCc1nc2ccccc2[nH]1. The molecule has 1 aromatic heterocycles. The van der Waals surface area contributed by atoms with E-state index in [0.717, 1.165) is 16.9 Å². The Hall–Kier alpha value is -1.93. The molecule has 1 heterocycles. The van der Waals surface area contributed by atoms with Crippen molar-refractivity contribution >= 4 is 17.1 Å². The molecular weight excluding hydrogens is 178 g/mol. The van der Waals surface area contributed by atoms with Gasteiger partial charge in [0.15, 0.2) is 0 Å². The Balaban J connectivity index is 2.22. The van der Waals surface area contributed by atoms with Gasteiger partial charge >= 0.3 is 0 Å². The fourth-order valence-electron chi connectivity index (χ4n) is 1.33. The zero-order valence-corrected chi connectivity index (χ0v) is 7.53. The quantitative estimate of drug-likeness (QED) is 0.583. The Morgan fingerprint density at radius 2 is 2.29 bits per heavy atom. The van der Waals surface area contributed by atoms with Crippen LogP contribution in [0.4, 0.5) is 0 Å². The van der Waals surface area contributed by atoms with Gasteiger partial charge in [-0.2, -0.15) is 0 Å². The first-order chi connectivity index (χ1) is 6.90. The number of H-pyrrole nitrogens is 1. The summed E-state index contributed by atoms with van der Waals surface area (Å²) in [5.41, 5.74) is 1.95. The van der Waals surface area contributed by atoms with Crippen molar-refractivity contribution in [2.45, 2.75) is 6.42 Å². The van der Waals surface area contributed by atoms with Gasteiger partial charge in [-0.3, -0.25) is 0 Å². The summed E-state index contributed by atoms with van der Waals surface area (Å²) in [6.07, 6.45) is 2.15. The van der Waals surface area contributed by atoms with E-state index in [2.05, 4.69) is 15.0 Å². The van der Waals surface area contributed by atoms with E-state index in [-0.39, 0.29) is 0 Å². The number of hydrogen-bond acceptors (Lipinski definition) is 3. The highest BCUT2D eigenvalue weighted by Gasteiger charge is 2.00. The molecule has 1 N–H and O–H groups in total. The second kappa shape index (κ2) is 3.85. The molecule has 14 heavy (non-hydrogen) atoms. The largest absolute Gasteiger partial charge is 0.342 e. The van der Waals surface area contributed by atoms with Crippen molar-refractivity contribution in [2.75, 3.05) is 6.54 Å². The van der Waals surface area contributed by atoms with E-state index in [1.807, 2.05) is 24.3 Å². The minimum Gasteiger partial charge on any atom is -0.342 e. The van der Waals surface area contributed by atoms with Gasteiger partial charge in [-0.25, -0.2) is 14.8 Å². The van der Waals surface area contributed by atoms with Crippen LogP contribution in [0.2, 0.25) is 0 Å². The molecule has 0 atom stereocenters. The highest BCUT2D eigenvalue weighted by Crippen LogP contribution is 2.10. The summed E-state index contributed by atoms with van der Waals surface area (Å²) in [5, 5.41) is 0. The standard InChI is InChI=1S/C10H9N3O/c14-7-11-6-5-10-12-8-3-1-2-4-9(8)13-10/h1-4H,5-6H2,(H,12,13). The molecular formula is C10H9N3O. The third-order valence-electron chi connectivity index (χ3n) is 1.96. The van der Waals surface area contributed by atoms with Gasteiger partial charge in [0.1, 0.15) is 5.82 Å². The van der Waals surface area contributed by atoms with Crippen molar-refractivity contribution in [3.05, 3.63) is 30.1 Å². The van der Waals surface area contributed by atoms with E-state index in [0.29, 0.717) is 13.0 Å². The number of para-hydroxylation sites is 2. The van der Waals surface area contributed by atoms with Crippen molar-refractivity contribution in [1.82, 2.24) is 9.97 Å². The van der Waals surface area contributed by atoms with Crippen LogP contribution >= 0.6 is 0 Å². The Bertz CT molecular complexity index is 450. The molecule has 0 bridgehead atoms. The zero-order valence-electron chi connectivity index (χ0n) is 7.53. The van der Waals surface area contributed by atoms with Crippen LogP contribution in [0, 0.1) is 0 Å². The van der Waals surface area contributed by atoms with Gasteiger partial charge in [0.25, 0.3) is 0 Å². The molecule has 0 unspecified atom stereocenters. The van der Waals surface area contributed by atoms with E-state index in [1.165, 1.54) is 6.08 Å². The molecule has 0 amide bonds. The van der Waals surface area contributed by atoms with E-state index in [4.69, 9.17) is 0 Å². The summed E-state index contributed by atoms with van der Waals surface area (Å²) < 4.78 is 0. The number of hydrogen-bond donors (Lipinski definition) is 1. The monoisotopic (exact) mass is 187 g/mol. The smallest absolute Gasteiger partial charge is 0.234 e. The maximum atomic E-state index is 9.84. The van der Waals surface area contributed by atoms with Gasteiger partial charge in [-0.15, -0.1) is 0 Å². The number of nitrogens with zero attached hydrogens (tertiary/aromatic N) is 2. The number of fused-ring (bicyclic) bond motifs is 1. The minimum atomic E-state index is 0.434. The third-order valence-corrected chi connectivity index (χ3v) is 1.96. The summed E-state index contributed by atoms with van der Waals surface area (Å²) in [6, 6.07) is 7.80. The Labute approximate surface area is 80.7 Å². The van der Waals surface area contributed by atoms with E-state index < -0.39 is 0 Å². The fourth-order valence-corrected chi connectivity index (χ4v) is 1.33. The van der Waals surface area contributed by atoms with Gasteiger partial charge in [0, 0.05) is 6.42 Å². The zero-order chi connectivity index (χ0) is 9.80. The van der Waals surface area contributed by atoms with Crippen molar-refractivity contribution in [2.24, 2.45) is 4.99 Å². The number of isocyanates is 1. The van der Waals surface area contributed by atoms with Crippen LogP contribution in [-0.4, -0.2) is 22.6 Å². The molecule has 0 saturated carbocycles. The highest BCUT2D eigenvalue weighted by molar-refractivity contribution is 5.74. The van der Waals surface area contributed by atoms with Crippen LogP contribution in [0.5, 0.6) is 0 Å². The molecule has 0 spiro atoms. The normalized spacial score (nSPS) is 10.0. The van der Waals surface area contributed by atoms with Gasteiger partial charge in [0.2, 0.25) is 6.08 Å². The average molecular weight is 187 g/mol. The maximum Gasteiger partial charge on any atom is 0.234 e.